The van der Waals surface area contributed by atoms with Crippen LogP contribution in [0.5, 0.6) is 0 Å². The third-order valence-corrected chi connectivity index (χ3v) is 7.17. The van der Waals surface area contributed by atoms with E-state index in [1.807, 2.05) is 0 Å². The van der Waals surface area contributed by atoms with E-state index in [0.29, 0.717) is 12.8 Å². The predicted octanol–water partition coefficient (Wildman–Crippen LogP) is -5.75. The van der Waals surface area contributed by atoms with Gasteiger partial charge < -0.3 is 68.9 Å². The number of amides is 6. The van der Waals surface area contributed by atoms with Crippen molar-refractivity contribution in [2.45, 2.75) is 115 Å². The van der Waals surface area contributed by atoms with Gasteiger partial charge in [0.1, 0.15) is 42.3 Å². The molecule has 15 N–H and O–H groups in total. The van der Waals surface area contributed by atoms with Crippen molar-refractivity contribution in [3.05, 3.63) is 0 Å². The molecule has 0 bridgehead atoms. The third-order valence-electron chi connectivity index (χ3n) is 7.17. The fraction of sp³-hybridized carbons (Fsp3) is 0.759. The number of unbranched alkanes of at least 4 members (excludes halogenated alkanes) is 1. The second kappa shape index (κ2) is 22.6. The van der Waals surface area contributed by atoms with Crippen molar-refractivity contribution in [3.63, 3.8) is 0 Å². The molecular formula is C29H54N8O12. The van der Waals surface area contributed by atoms with Crippen molar-refractivity contribution < 1.29 is 59.1 Å². The number of carbonyl (C=O) groups is 7. The van der Waals surface area contributed by atoms with E-state index in [-0.39, 0.29) is 25.3 Å². The van der Waals surface area contributed by atoms with Gasteiger partial charge in [-0.15, -0.1) is 0 Å². The maximum atomic E-state index is 13.4. The van der Waals surface area contributed by atoms with Gasteiger partial charge >= 0.3 is 5.97 Å². The van der Waals surface area contributed by atoms with Crippen LogP contribution in [0.25, 0.3) is 0 Å². The number of hydrogen-bond donors (Lipinski definition) is 13. The van der Waals surface area contributed by atoms with Gasteiger partial charge in [0.05, 0.1) is 25.4 Å². The minimum absolute atomic E-state index is 0.0248. The van der Waals surface area contributed by atoms with E-state index < -0.39 is 109 Å². The Morgan fingerprint density at radius 3 is 1.55 bits per heavy atom. The Kier molecular flexibility index (Phi) is 20.8. The van der Waals surface area contributed by atoms with E-state index in [2.05, 4.69) is 31.9 Å². The summed E-state index contributed by atoms with van der Waals surface area (Å²) in [5, 5.41) is 61.5. The summed E-state index contributed by atoms with van der Waals surface area (Å²) >= 11 is 0. The quantitative estimate of drug-likeness (QED) is 0.0441. The first-order chi connectivity index (χ1) is 22.8. The molecule has 0 heterocycles. The van der Waals surface area contributed by atoms with Crippen molar-refractivity contribution >= 4 is 41.4 Å². The molecule has 0 aliphatic heterocycles. The van der Waals surface area contributed by atoms with Crippen molar-refractivity contribution in [2.24, 2.45) is 17.4 Å². The molecule has 20 nitrogen and oxygen atoms in total. The van der Waals surface area contributed by atoms with Crippen molar-refractivity contribution in [1.29, 1.82) is 0 Å². The highest BCUT2D eigenvalue weighted by molar-refractivity contribution is 5.97. The number of carboxylic acid groups (broad SMARTS) is 1. The molecule has 20 heteroatoms. The first kappa shape index (κ1) is 45.0. The van der Waals surface area contributed by atoms with Gasteiger partial charge in [-0.25, -0.2) is 4.79 Å². The van der Waals surface area contributed by atoms with Crippen LogP contribution in [-0.2, 0) is 33.6 Å². The molecule has 0 aliphatic carbocycles. The summed E-state index contributed by atoms with van der Waals surface area (Å²) in [7, 11) is 0. The average molecular weight is 707 g/mol. The van der Waals surface area contributed by atoms with Gasteiger partial charge in [0.25, 0.3) is 0 Å². The number of aliphatic hydroxyl groups is 4. The lowest BCUT2D eigenvalue weighted by atomic mass is 10.0. The number of carbonyl (C=O) groups excluding carboxylic acids is 6. The molecule has 0 saturated heterocycles. The predicted molar refractivity (Wildman–Crippen MR) is 173 cm³/mol. The highest BCUT2D eigenvalue weighted by Crippen LogP contribution is 2.09. The molecule has 282 valence electrons. The number of rotatable bonds is 23. The topological polar surface area (TPSA) is 345 Å². The Morgan fingerprint density at radius 2 is 1.08 bits per heavy atom. The molecule has 9 atom stereocenters. The lowest BCUT2D eigenvalue weighted by Gasteiger charge is -2.28. The van der Waals surface area contributed by atoms with Crippen LogP contribution >= 0.6 is 0 Å². The van der Waals surface area contributed by atoms with Gasteiger partial charge in [-0.2, -0.15) is 0 Å². The second-order valence-corrected chi connectivity index (χ2v) is 12.1. The Labute approximate surface area is 284 Å². The molecule has 0 unspecified atom stereocenters. The molecule has 6 amide bonds. The lowest BCUT2D eigenvalue weighted by molar-refractivity contribution is -0.143. The fourth-order valence-electron chi connectivity index (χ4n) is 4.20. The lowest BCUT2D eigenvalue weighted by Crippen LogP contribution is -2.62. The first-order valence-corrected chi connectivity index (χ1v) is 15.9. The number of hydrogen-bond acceptors (Lipinski definition) is 13. The molecular weight excluding hydrogens is 652 g/mol. The van der Waals surface area contributed by atoms with Crippen LogP contribution < -0.4 is 43.4 Å². The molecule has 0 spiro atoms. The van der Waals surface area contributed by atoms with E-state index in [4.69, 9.17) is 21.7 Å². The maximum absolute atomic E-state index is 13.4. The molecule has 0 aromatic rings. The normalized spacial score (nSPS) is 16.7. The highest BCUT2D eigenvalue weighted by atomic mass is 16.4. The zero-order chi connectivity index (χ0) is 38.0. The molecule has 0 radical (unpaired) electrons. The van der Waals surface area contributed by atoms with E-state index >= 15 is 0 Å². The third kappa shape index (κ3) is 16.3. The molecule has 0 rings (SSSR count). The van der Waals surface area contributed by atoms with Crippen LogP contribution in [0, 0.1) is 5.92 Å². The standard InChI is InChI=1S/C29H54N8O12/c1-13(2)10-18(25(44)32-14(3)23(42)36-20(12-39)29(48)49)34-24(43)17(8-6-7-9-30)33-26(45)19(11-38)35-28(47)22(16(5)41)37-27(46)21(31)15(4)40/h13-22,38-41H,6-12,30-31H2,1-5H3,(H,32,44)(H,33,45)(H,34,43)(H,35,47)(H,36,42)(H,37,46)(H,48,49)/t14-,15+,16+,17-,18-,19-,20-,21-,22-/m0/s1. The largest absolute Gasteiger partial charge is 0.480 e. The van der Waals surface area contributed by atoms with Crippen LogP contribution in [0.1, 0.15) is 60.3 Å². The van der Waals surface area contributed by atoms with Gasteiger partial charge in [0, 0.05) is 0 Å². The maximum Gasteiger partial charge on any atom is 0.328 e. The summed E-state index contributed by atoms with van der Waals surface area (Å²) in [6, 6.07) is -10.1. The van der Waals surface area contributed by atoms with E-state index in [9.17, 15) is 48.9 Å². The van der Waals surface area contributed by atoms with Gasteiger partial charge in [-0.3, -0.25) is 28.8 Å². The Bertz CT molecular complexity index is 1120. The van der Waals surface area contributed by atoms with Gasteiger partial charge in [0.15, 0.2) is 0 Å². The van der Waals surface area contributed by atoms with Crippen molar-refractivity contribution in [1.82, 2.24) is 31.9 Å². The van der Waals surface area contributed by atoms with Crippen molar-refractivity contribution in [3.8, 4) is 0 Å². The van der Waals surface area contributed by atoms with Gasteiger partial charge in [-0.1, -0.05) is 13.8 Å². The number of nitrogens with one attached hydrogen (secondary N) is 6. The van der Waals surface area contributed by atoms with Crippen LogP contribution in [0.2, 0.25) is 0 Å². The zero-order valence-electron chi connectivity index (χ0n) is 28.5. The Balaban J connectivity index is 5.89. The van der Waals surface area contributed by atoms with E-state index in [1.165, 1.54) is 20.8 Å². The second-order valence-electron chi connectivity index (χ2n) is 12.1. The summed E-state index contributed by atoms with van der Waals surface area (Å²) in [4.78, 5) is 88.5. The summed E-state index contributed by atoms with van der Waals surface area (Å²) in [6.07, 6.45) is -1.86. The van der Waals surface area contributed by atoms with Gasteiger partial charge in [0.2, 0.25) is 35.4 Å². The summed E-state index contributed by atoms with van der Waals surface area (Å²) < 4.78 is 0. The molecule has 0 aliphatic rings. The van der Waals surface area contributed by atoms with Crippen molar-refractivity contribution in [2.75, 3.05) is 19.8 Å². The molecule has 0 aromatic carbocycles. The smallest absolute Gasteiger partial charge is 0.328 e. The zero-order valence-corrected chi connectivity index (χ0v) is 28.5. The number of carboxylic acids is 1. The summed E-state index contributed by atoms with van der Waals surface area (Å²) in [5.74, 6) is -7.24. The van der Waals surface area contributed by atoms with Crippen LogP contribution in [-0.4, -0.2) is 141 Å². The van der Waals surface area contributed by atoms with E-state index in [1.54, 1.807) is 13.8 Å². The average Bonchev–Trinajstić information content (AvgIpc) is 3.02. The number of aliphatic hydroxyl groups excluding tert-OH is 4. The molecule has 0 saturated carbocycles. The Morgan fingerprint density at radius 1 is 0.592 bits per heavy atom. The molecule has 0 fully saturated rings. The number of nitrogens with two attached hydrogens (primary N) is 2. The van der Waals surface area contributed by atoms with Gasteiger partial charge in [-0.05, 0) is 58.9 Å². The number of aliphatic carboxylic acids is 1. The molecule has 0 aromatic heterocycles. The summed E-state index contributed by atoms with van der Waals surface area (Å²) in [5.41, 5.74) is 11.1. The van der Waals surface area contributed by atoms with Crippen LogP contribution in [0.4, 0.5) is 0 Å². The van der Waals surface area contributed by atoms with E-state index in [0.717, 1.165) is 0 Å². The minimum Gasteiger partial charge on any atom is -0.480 e. The fourth-order valence-corrected chi connectivity index (χ4v) is 4.20. The first-order valence-electron chi connectivity index (χ1n) is 15.9. The SMILES string of the molecule is CC(C)C[C@H](NC(=O)[C@H](CCCCN)NC(=O)[C@H](CO)NC(=O)[C@@H](NC(=O)[C@@H](N)[C@@H](C)O)[C@@H](C)O)C(=O)N[C@@H](C)C(=O)N[C@@H](CO)C(=O)O. The Hall–Kier alpha value is -3.95. The molecule has 49 heavy (non-hydrogen) atoms. The monoisotopic (exact) mass is 706 g/mol. The van der Waals surface area contributed by atoms with Crippen LogP contribution in [0.3, 0.4) is 0 Å². The summed E-state index contributed by atoms with van der Waals surface area (Å²) in [6.45, 7) is 5.62. The van der Waals surface area contributed by atoms with Crippen LogP contribution in [0.15, 0.2) is 0 Å². The highest BCUT2D eigenvalue weighted by Gasteiger charge is 2.34. The minimum atomic E-state index is -1.66.